The summed E-state index contributed by atoms with van der Waals surface area (Å²) >= 11 is 4.61. The molecule has 0 spiro atoms. The van der Waals surface area contributed by atoms with Gasteiger partial charge >= 0.3 is 5.97 Å². The second kappa shape index (κ2) is 5.59. The van der Waals surface area contributed by atoms with Gasteiger partial charge in [0.1, 0.15) is 5.25 Å². The monoisotopic (exact) mass is 303 g/mol. The lowest BCUT2D eigenvalue weighted by atomic mass is 10.1. The first kappa shape index (κ1) is 13.4. The van der Waals surface area contributed by atoms with Gasteiger partial charge in [-0.25, -0.2) is 0 Å². The number of carboxylic acids is 1. The van der Waals surface area contributed by atoms with E-state index in [-0.39, 0.29) is 5.92 Å². The molecule has 5 heteroatoms. The van der Waals surface area contributed by atoms with Gasteiger partial charge in [0.2, 0.25) is 0 Å². The lowest BCUT2D eigenvalue weighted by molar-refractivity contribution is -0.137. The molecule has 0 bridgehead atoms. The molecule has 1 rings (SSSR count). The second-order valence-corrected chi connectivity index (χ2v) is 5.90. The summed E-state index contributed by atoms with van der Waals surface area (Å²) in [5.74, 6) is -0.743. The van der Waals surface area contributed by atoms with Crippen LogP contribution in [0.3, 0.4) is 0 Å². The molecule has 0 fully saturated rings. The van der Waals surface area contributed by atoms with Gasteiger partial charge in [-0.05, 0) is 24.1 Å². The van der Waals surface area contributed by atoms with Crippen LogP contribution in [0.4, 0.5) is 5.69 Å². The molecular formula is C11H14BrNO2S. The molecule has 0 heterocycles. The Kier molecular flexibility index (Phi) is 4.68. The molecule has 0 aliphatic carbocycles. The Morgan fingerprint density at radius 2 is 2.12 bits per heavy atom. The van der Waals surface area contributed by atoms with Gasteiger partial charge in [0.15, 0.2) is 0 Å². The average molecular weight is 304 g/mol. The zero-order chi connectivity index (χ0) is 12.3. The van der Waals surface area contributed by atoms with Crippen molar-refractivity contribution in [3.63, 3.8) is 0 Å². The minimum absolute atomic E-state index is 0.0607. The molecule has 0 radical (unpaired) electrons. The third kappa shape index (κ3) is 3.42. The number of nitrogen functional groups attached to an aromatic ring is 1. The zero-order valence-electron chi connectivity index (χ0n) is 9.11. The first-order valence-corrected chi connectivity index (χ1v) is 6.53. The molecule has 1 unspecified atom stereocenters. The summed E-state index contributed by atoms with van der Waals surface area (Å²) in [5, 5.41) is 8.61. The van der Waals surface area contributed by atoms with Crippen LogP contribution in [0.2, 0.25) is 0 Å². The summed E-state index contributed by atoms with van der Waals surface area (Å²) in [7, 11) is 0. The Labute approximate surface area is 108 Å². The quantitative estimate of drug-likeness (QED) is 0.662. The van der Waals surface area contributed by atoms with E-state index in [0.29, 0.717) is 5.69 Å². The fourth-order valence-corrected chi connectivity index (χ4v) is 2.60. The number of anilines is 1. The summed E-state index contributed by atoms with van der Waals surface area (Å²) in [6.07, 6.45) is 0. The van der Waals surface area contributed by atoms with Gasteiger partial charge < -0.3 is 10.8 Å². The van der Waals surface area contributed by atoms with Crippen molar-refractivity contribution in [1.82, 2.24) is 0 Å². The van der Waals surface area contributed by atoms with Crippen LogP contribution in [0.25, 0.3) is 0 Å². The van der Waals surface area contributed by atoms with Gasteiger partial charge in [-0.2, -0.15) is 0 Å². The van der Waals surface area contributed by atoms with Crippen molar-refractivity contribution in [1.29, 1.82) is 0 Å². The van der Waals surface area contributed by atoms with E-state index in [1.165, 1.54) is 11.8 Å². The number of hydrogen-bond acceptors (Lipinski definition) is 3. The molecule has 0 aliphatic rings. The number of halogens is 1. The van der Waals surface area contributed by atoms with Gasteiger partial charge in [-0.1, -0.05) is 29.8 Å². The average Bonchev–Trinajstić information content (AvgIpc) is 2.15. The van der Waals surface area contributed by atoms with Crippen LogP contribution in [-0.4, -0.2) is 16.3 Å². The van der Waals surface area contributed by atoms with Crippen molar-refractivity contribution in [3.05, 3.63) is 22.7 Å². The van der Waals surface area contributed by atoms with Crippen LogP contribution in [0.1, 0.15) is 13.8 Å². The molecule has 3 N–H and O–H groups in total. The second-order valence-electron chi connectivity index (χ2n) is 3.80. The summed E-state index contributed by atoms with van der Waals surface area (Å²) in [6, 6.07) is 5.47. The largest absolute Gasteiger partial charge is 0.480 e. The van der Waals surface area contributed by atoms with Gasteiger partial charge in [0.25, 0.3) is 0 Å². The molecule has 1 aromatic carbocycles. The third-order valence-corrected chi connectivity index (χ3v) is 4.19. The van der Waals surface area contributed by atoms with E-state index in [2.05, 4.69) is 15.9 Å². The molecule has 16 heavy (non-hydrogen) atoms. The van der Waals surface area contributed by atoms with Gasteiger partial charge in [-0.15, -0.1) is 11.8 Å². The molecule has 0 amide bonds. The van der Waals surface area contributed by atoms with Crippen LogP contribution >= 0.6 is 27.7 Å². The molecule has 1 atom stereocenters. The molecule has 3 nitrogen and oxygen atoms in total. The van der Waals surface area contributed by atoms with E-state index >= 15 is 0 Å². The van der Waals surface area contributed by atoms with E-state index in [1.807, 2.05) is 26.0 Å². The minimum atomic E-state index is -0.803. The predicted octanol–water partition coefficient (Wildman–Crippen LogP) is 3.23. The molecule has 0 saturated heterocycles. The number of benzene rings is 1. The van der Waals surface area contributed by atoms with Gasteiger partial charge in [0.05, 0.1) is 0 Å². The first-order chi connectivity index (χ1) is 7.41. The number of hydrogen-bond donors (Lipinski definition) is 2. The predicted molar refractivity (Wildman–Crippen MR) is 70.7 cm³/mol. The molecule has 0 aliphatic heterocycles. The standard InChI is InChI=1S/C11H14BrNO2S/c1-6(2)10(11(14)15)16-9-4-3-7(12)5-8(9)13/h3-6,10H,13H2,1-2H3,(H,14,15). The minimum Gasteiger partial charge on any atom is -0.480 e. The number of aliphatic carboxylic acids is 1. The number of thioether (sulfide) groups is 1. The number of carbonyl (C=O) groups is 1. The molecule has 88 valence electrons. The summed E-state index contributed by atoms with van der Waals surface area (Å²) in [4.78, 5) is 11.9. The van der Waals surface area contributed by atoms with Crippen molar-refractivity contribution in [2.75, 3.05) is 5.73 Å². The van der Waals surface area contributed by atoms with Crippen molar-refractivity contribution < 1.29 is 9.90 Å². The van der Waals surface area contributed by atoms with Crippen molar-refractivity contribution in [2.24, 2.45) is 5.92 Å². The third-order valence-electron chi connectivity index (χ3n) is 2.07. The number of nitrogens with two attached hydrogens (primary N) is 1. The van der Waals surface area contributed by atoms with Crippen LogP contribution in [0.15, 0.2) is 27.6 Å². The molecular weight excluding hydrogens is 290 g/mol. The lowest BCUT2D eigenvalue weighted by Crippen LogP contribution is -2.22. The highest BCUT2D eigenvalue weighted by molar-refractivity contribution is 9.10. The Bertz CT molecular complexity index is 396. The molecule has 1 aromatic rings. The van der Waals surface area contributed by atoms with Crippen LogP contribution in [0, 0.1) is 5.92 Å². The van der Waals surface area contributed by atoms with Crippen molar-refractivity contribution in [3.8, 4) is 0 Å². The number of carboxylic acid groups (broad SMARTS) is 1. The summed E-state index contributed by atoms with van der Waals surface area (Å²) in [6.45, 7) is 3.78. The van der Waals surface area contributed by atoms with E-state index in [9.17, 15) is 4.79 Å². The zero-order valence-corrected chi connectivity index (χ0v) is 11.5. The highest BCUT2D eigenvalue weighted by Crippen LogP contribution is 2.33. The van der Waals surface area contributed by atoms with Gasteiger partial charge in [-0.3, -0.25) is 4.79 Å². The fraction of sp³-hybridized carbons (Fsp3) is 0.364. The first-order valence-electron chi connectivity index (χ1n) is 4.86. The van der Waals surface area contributed by atoms with Crippen LogP contribution in [0.5, 0.6) is 0 Å². The Hall–Kier alpha value is -0.680. The lowest BCUT2D eigenvalue weighted by Gasteiger charge is -2.16. The maximum absolute atomic E-state index is 11.1. The topological polar surface area (TPSA) is 63.3 Å². The van der Waals surface area contributed by atoms with Crippen LogP contribution < -0.4 is 5.73 Å². The normalized spacial score (nSPS) is 12.8. The molecule has 0 aromatic heterocycles. The molecule has 0 saturated carbocycles. The Morgan fingerprint density at radius 1 is 1.50 bits per heavy atom. The highest BCUT2D eigenvalue weighted by atomic mass is 79.9. The summed E-state index contributed by atoms with van der Waals surface area (Å²) < 4.78 is 0.894. The SMILES string of the molecule is CC(C)C(Sc1ccc(Br)cc1N)C(=O)O. The van der Waals surface area contributed by atoms with E-state index in [4.69, 9.17) is 10.8 Å². The Balaban J connectivity index is 2.90. The van der Waals surface area contributed by atoms with E-state index in [0.717, 1.165) is 9.37 Å². The maximum atomic E-state index is 11.1. The maximum Gasteiger partial charge on any atom is 0.317 e. The van der Waals surface area contributed by atoms with E-state index in [1.54, 1.807) is 6.07 Å². The van der Waals surface area contributed by atoms with E-state index < -0.39 is 11.2 Å². The fourth-order valence-electron chi connectivity index (χ4n) is 1.24. The number of rotatable bonds is 4. The highest BCUT2D eigenvalue weighted by Gasteiger charge is 2.23. The summed E-state index contributed by atoms with van der Waals surface area (Å²) in [5.41, 5.74) is 6.43. The van der Waals surface area contributed by atoms with Crippen molar-refractivity contribution in [2.45, 2.75) is 24.0 Å². The van der Waals surface area contributed by atoms with Crippen molar-refractivity contribution >= 4 is 39.3 Å². The Morgan fingerprint density at radius 3 is 2.56 bits per heavy atom. The van der Waals surface area contributed by atoms with Gasteiger partial charge in [0, 0.05) is 15.1 Å². The smallest absolute Gasteiger partial charge is 0.317 e. The van der Waals surface area contributed by atoms with Crippen LogP contribution in [-0.2, 0) is 4.79 Å².